The average Bonchev–Trinajstić information content (AvgIpc) is 2.73. The number of Topliss-reactive ketones (excluding diaryl/α,β-unsaturated/α-hetero) is 1. The first kappa shape index (κ1) is 43.4. The number of alkyl halides is 12. The van der Waals surface area contributed by atoms with Gasteiger partial charge < -0.3 is 28.9 Å². The molecule has 1 heterocycles. The van der Waals surface area contributed by atoms with Crippen molar-refractivity contribution in [2.24, 2.45) is 0 Å². The van der Waals surface area contributed by atoms with Crippen molar-refractivity contribution in [3.8, 4) is 0 Å². The summed E-state index contributed by atoms with van der Waals surface area (Å²) in [5, 5.41) is 8.20. The number of aliphatic hydroxyl groups is 1. The third-order valence-corrected chi connectivity index (χ3v) is 4.55. The molecule has 0 aromatic rings. The molecule has 0 spiro atoms. The summed E-state index contributed by atoms with van der Waals surface area (Å²) < 4.78 is 157. The highest BCUT2D eigenvalue weighted by atomic mass is 19.4. The first-order valence-electron chi connectivity index (χ1n) is 11.8. The minimum absolute atomic E-state index is 0.0902. The molecule has 0 aliphatic carbocycles. The highest BCUT2D eigenvalue weighted by molar-refractivity contribution is 5.72. The summed E-state index contributed by atoms with van der Waals surface area (Å²) in [5.74, 6) is 0.167. The lowest BCUT2D eigenvalue weighted by molar-refractivity contribution is -0.470. The van der Waals surface area contributed by atoms with E-state index in [0.29, 0.717) is 6.42 Å². The van der Waals surface area contributed by atoms with Crippen LogP contribution < -0.4 is 0 Å². The van der Waals surface area contributed by atoms with Crippen LogP contribution in [0.5, 0.6) is 0 Å². The number of ketones is 1. The number of aldehydes is 1. The second-order valence-electron chi connectivity index (χ2n) is 8.32. The molecule has 0 bridgehead atoms. The van der Waals surface area contributed by atoms with Crippen LogP contribution in [0.4, 0.5) is 52.7 Å². The highest BCUT2D eigenvalue weighted by Gasteiger charge is 2.78. The Hall–Kier alpha value is -2.08. The molecule has 6 nitrogen and oxygen atoms in total. The molecule has 1 fully saturated rings. The molecule has 1 atom stereocenters. The van der Waals surface area contributed by atoms with Crippen LogP contribution in [-0.4, -0.2) is 72.6 Å². The molecule has 1 unspecified atom stereocenters. The fraction of sp³-hybridized carbons (Fsp3) is 0.826. The smallest absolute Gasteiger partial charge is 0.426 e. The third kappa shape index (κ3) is 15.1. The van der Waals surface area contributed by atoms with E-state index < -0.39 is 61.3 Å². The summed E-state index contributed by atoms with van der Waals surface area (Å²) in [6, 6.07) is 0. The van der Waals surface area contributed by atoms with Crippen molar-refractivity contribution in [3.63, 3.8) is 0 Å². The third-order valence-electron chi connectivity index (χ3n) is 4.55. The van der Waals surface area contributed by atoms with E-state index in [1.54, 1.807) is 0 Å². The minimum Gasteiger partial charge on any atom is -0.502 e. The normalized spacial score (nSPS) is 16.8. The van der Waals surface area contributed by atoms with Crippen molar-refractivity contribution in [2.45, 2.75) is 108 Å². The van der Waals surface area contributed by atoms with Gasteiger partial charge in [0.15, 0.2) is 6.29 Å². The van der Waals surface area contributed by atoms with Crippen molar-refractivity contribution >= 4 is 12.1 Å². The van der Waals surface area contributed by atoms with E-state index in [-0.39, 0.29) is 12.4 Å². The second-order valence-corrected chi connectivity index (χ2v) is 8.32. The molecular weight excluding hydrogens is 600 g/mol. The van der Waals surface area contributed by atoms with Gasteiger partial charge in [0.1, 0.15) is 12.1 Å². The summed E-state index contributed by atoms with van der Waals surface area (Å²) in [5.41, 5.74) is -9.00. The molecule has 1 saturated heterocycles. The number of carbonyl (C=O) groups excluding carboxylic acids is 2. The van der Waals surface area contributed by atoms with Crippen LogP contribution in [-0.2, 0) is 23.8 Å². The quantitative estimate of drug-likeness (QED) is 0.117. The van der Waals surface area contributed by atoms with E-state index >= 15 is 0 Å². The Kier molecular flexibility index (Phi) is 19.5. The van der Waals surface area contributed by atoms with Gasteiger partial charge in [-0.05, 0) is 26.7 Å². The molecule has 246 valence electrons. The predicted octanol–water partition coefficient (Wildman–Crippen LogP) is 7.39. The molecule has 1 N–H and O–H groups in total. The van der Waals surface area contributed by atoms with Crippen LogP contribution in [0.2, 0.25) is 0 Å². The van der Waals surface area contributed by atoms with E-state index in [4.69, 9.17) is 14.6 Å². The van der Waals surface area contributed by atoms with E-state index in [1.165, 1.54) is 26.5 Å². The number of hydrogen-bond acceptors (Lipinski definition) is 6. The van der Waals surface area contributed by atoms with Gasteiger partial charge in [0.2, 0.25) is 0 Å². The Morgan fingerprint density at radius 3 is 1.51 bits per heavy atom. The zero-order valence-electron chi connectivity index (χ0n) is 22.6. The largest absolute Gasteiger partial charge is 0.502 e. The number of halogens is 12. The summed E-state index contributed by atoms with van der Waals surface area (Å²) in [6.45, 7) is 11.3. The zero-order chi connectivity index (χ0) is 33.3. The van der Waals surface area contributed by atoms with Gasteiger partial charge in [0.25, 0.3) is 11.2 Å². The lowest BCUT2D eigenvalue weighted by Gasteiger charge is -2.48. The number of carbonyl (C=O) groups is 2. The number of ether oxygens (including phenoxy) is 3. The average molecular weight is 634 g/mol. The molecule has 0 saturated carbocycles. The number of hydrogen-bond donors (Lipinski definition) is 1. The standard InChI is InChI=1S/C9H12F6O2.C6H12O.C5H4F6O2.C3H6O/c1-2-3-4-16-6-5-7(17-6,8(10,11)12)9(13,14)15;1-3-5-6-7-4-2;6-4(7,8)3(13,1-2-12)5(9,10)11;1-3(2)4/h6H,2-5H2,1H3;4H,2-3,5-6H2,1H3;2,13H,1H2;1-2H3. The number of rotatable bonds is 10. The van der Waals surface area contributed by atoms with Gasteiger partial charge in [-0.1, -0.05) is 33.3 Å². The van der Waals surface area contributed by atoms with Crippen molar-refractivity contribution in [1.29, 1.82) is 0 Å². The lowest BCUT2D eigenvalue weighted by Crippen LogP contribution is -2.68. The number of unbranched alkanes of at least 4 members (excludes halogenated alkanes) is 2. The Morgan fingerprint density at radius 1 is 0.902 bits per heavy atom. The Morgan fingerprint density at radius 2 is 1.27 bits per heavy atom. The maximum atomic E-state index is 12.3. The van der Waals surface area contributed by atoms with Crippen molar-refractivity contribution in [3.05, 3.63) is 12.8 Å². The summed E-state index contributed by atoms with van der Waals surface area (Å²) in [4.78, 5) is 19.0. The molecule has 18 heteroatoms. The topological polar surface area (TPSA) is 82.1 Å². The minimum atomic E-state index is -5.91. The maximum absolute atomic E-state index is 12.3. The van der Waals surface area contributed by atoms with Crippen LogP contribution in [0.15, 0.2) is 12.8 Å². The van der Waals surface area contributed by atoms with E-state index in [2.05, 4.69) is 18.2 Å². The van der Waals surface area contributed by atoms with Gasteiger partial charge in [0.05, 0.1) is 19.3 Å². The molecule has 1 rings (SSSR count). The van der Waals surface area contributed by atoms with E-state index in [9.17, 15) is 62.3 Å². The molecule has 0 aromatic heterocycles. The maximum Gasteiger partial charge on any atom is 0.426 e. The van der Waals surface area contributed by atoms with Gasteiger partial charge in [-0.2, -0.15) is 52.7 Å². The summed E-state index contributed by atoms with van der Waals surface area (Å²) >= 11 is 0. The monoisotopic (exact) mass is 634 g/mol. The van der Waals surface area contributed by atoms with Crippen molar-refractivity contribution in [1.82, 2.24) is 0 Å². The second kappa shape index (κ2) is 18.5. The van der Waals surface area contributed by atoms with Crippen molar-refractivity contribution < 1.29 is 81.6 Å². The molecule has 1 aliphatic rings. The Bertz CT molecular complexity index is 705. The molecule has 41 heavy (non-hydrogen) atoms. The SMILES string of the molecule is C=COCCCC.CC(C)=O.CCCCOC1CC(C(F)(F)F)(C(F)(F)F)O1.O=CCC(O)(C(F)(F)F)C(F)(F)F. The Balaban J connectivity index is -0.000000530. The van der Waals surface area contributed by atoms with E-state index in [1.807, 2.05) is 6.92 Å². The van der Waals surface area contributed by atoms with Crippen LogP contribution in [0, 0.1) is 0 Å². The van der Waals surface area contributed by atoms with Gasteiger partial charge in [-0.3, -0.25) is 0 Å². The van der Waals surface area contributed by atoms with Crippen LogP contribution in [0.1, 0.15) is 66.2 Å². The highest BCUT2D eigenvalue weighted by Crippen LogP contribution is 2.55. The van der Waals surface area contributed by atoms with E-state index in [0.717, 1.165) is 19.4 Å². The molecule has 0 amide bonds. The van der Waals surface area contributed by atoms with Gasteiger partial charge in [0, 0.05) is 13.0 Å². The molecule has 0 aromatic carbocycles. The summed E-state index contributed by atoms with van der Waals surface area (Å²) in [7, 11) is 0. The van der Waals surface area contributed by atoms with Crippen LogP contribution >= 0.6 is 0 Å². The predicted molar refractivity (Wildman–Crippen MR) is 120 cm³/mol. The van der Waals surface area contributed by atoms with Gasteiger partial charge >= 0.3 is 24.7 Å². The van der Waals surface area contributed by atoms with Gasteiger partial charge in [-0.25, -0.2) is 0 Å². The Labute approximate surface area is 229 Å². The van der Waals surface area contributed by atoms with Crippen LogP contribution in [0.25, 0.3) is 0 Å². The van der Waals surface area contributed by atoms with Crippen molar-refractivity contribution in [2.75, 3.05) is 13.2 Å². The van der Waals surface area contributed by atoms with Crippen LogP contribution in [0.3, 0.4) is 0 Å². The molecule has 0 radical (unpaired) electrons. The zero-order valence-corrected chi connectivity index (χ0v) is 22.6. The lowest BCUT2D eigenvalue weighted by atomic mass is 9.92. The first-order chi connectivity index (χ1) is 18.3. The summed E-state index contributed by atoms with van der Waals surface area (Å²) in [6.07, 6.45) is -23.0. The molecular formula is C23H34F12O6. The molecule has 1 aliphatic heterocycles. The fourth-order valence-electron chi connectivity index (χ4n) is 2.25. The fourth-order valence-corrected chi connectivity index (χ4v) is 2.25. The first-order valence-corrected chi connectivity index (χ1v) is 11.8. The van der Waals surface area contributed by atoms with Gasteiger partial charge in [-0.15, -0.1) is 0 Å².